The summed E-state index contributed by atoms with van der Waals surface area (Å²) in [7, 11) is 0. The largest absolute Gasteiger partial charge is 0.462 e. The molecule has 0 atom stereocenters. The number of ether oxygens (including phenoxy) is 1. The summed E-state index contributed by atoms with van der Waals surface area (Å²) < 4.78 is 18.7. The van der Waals surface area contributed by atoms with E-state index in [1.54, 1.807) is 37.3 Å². The standard InChI is InChI=1S/C16H14ClFN2O2S/c1-2-22-15(21)10-6-8-11(9-7-10)19-16(23)20-13-5-3-4-12(17)14(13)18/h3-9H,2H2,1H3,(H2,19,20,23). The lowest BCUT2D eigenvalue weighted by Gasteiger charge is -2.12. The zero-order chi connectivity index (χ0) is 16.8. The highest BCUT2D eigenvalue weighted by atomic mass is 35.5. The lowest BCUT2D eigenvalue weighted by Crippen LogP contribution is -2.19. The normalized spacial score (nSPS) is 10.0. The molecule has 0 aliphatic rings. The van der Waals surface area contributed by atoms with E-state index in [0.29, 0.717) is 17.9 Å². The summed E-state index contributed by atoms with van der Waals surface area (Å²) in [4.78, 5) is 11.6. The fraction of sp³-hybridized carbons (Fsp3) is 0.125. The quantitative estimate of drug-likeness (QED) is 0.628. The highest BCUT2D eigenvalue weighted by Gasteiger charge is 2.09. The summed E-state index contributed by atoms with van der Waals surface area (Å²) in [5, 5.41) is 5.83. The van der Waals surface area contributed by atoms with Gasteiger partial charge in [-0.3, -0.25) is 0 Å². The zero-order valence-corrected chi connectivity index (χ0v) is 13.8. The molecule has 0 bridgehead atoms. The second kappa shape index (κ2) is 7.89. The van der Waals surface area contributed by atoms with Crippen LogP contribution in [-0.4, -0.2) is 17.7 Å². The van der Waals surface area contributed by atoms with Crippen molar-refractivity contribution in [3.63, 3.8) is 0 Å². The van der Waals surface area contributed by atoms with Crippen LogP contribution < -0.4 is 10.6 Å². The van der Waals surface area contributed by atoms with Gasteiger partial charge in [0.05, 0.1) is 22.9 Å². The molecule has 2 rings (SSSR count). The number of hydrogen-bond donors (Lipinski definition) is 2. The first kappa shape index (κ1) is 17.2. The third-order valence-electron chi connectivity index (χ3n) is 2.85. The van der Waals surface area contributed by atoms with Gasteiger partial charge in [0.15, 0.2) is 10.9 Å². The van der Waals surface area contributed by atoms with Crippen molar-refractivity contribution in [2.45, 2.75) is 6.92 Å². The van der Waals surface area contributed by atoms with Gasteiger partial charge < -0.3 is 15.4 Å². The number of carbonyl (C=O) groups excluding carboxylic acids is 1. The van der Waals surface area contributed by atoms with Crippen LogP contribution in [0, 0.1) is 5.82 Å². The number of benzene rings is 2. The van der Waals surface area contributed by atoms with E-state index < -0.39 is 5.82 Å². The third kappa shape index (κ3) is 4.64. The SMILES string of the molecule is CCOC(=O)c1ccc(NC(=S)Nc2cccc(Cl)c2F)cc1. The molecule has 0 fully saturated rings. The minimum absolute atomic E-state index is 0.0107. The van der Waals surface area contributed by atoms with E-state index >= 15 is 0 Å². The van der Waals surface area contributed by atoms with Crippen molar-refractivity contribution < 1.29 is 13.9 Å². The summed E-state index contributed by atoms with van der Waals surface area (Å²) in [6, 6.07) is 11.2. The van der Waals surface area contributed by atoms with Gasteiger partial charge in [0.1, 0.15) is 0 Å². The topological polar surface area (TPSA) is 50.4 Å². The van der Waals surface area contributed by atoms with Gasteiger partial charge >= 0.3 is 5.97 Å². The summed E-state index contributed by atoms with van der Waals surface area (Å²) >= 11 is 10.8. The van der Waals surface area contributed by atoms with E-state index in [4.69, 9.17) is 28.6 Å². The van der Waals surface area contributed by atoms with Crippen molar-refractivity contribution >= 4 is 46.3 Å². The number of nitrogens with one attached hydrogen (secondary N) is 2. The maximum absolute atomic E-state index is 13.8. The van der Waals surface area contributed by atoms with Crippen molar-refractivity contribution in [3.05, 3.63) is 58.9 Å². The van der Waals surface area contributed by atoms with E-state index in [1.807, 2.05) is 0 Å². The van der Waals surface area contributed by atoms with E-state index in [9.17, 15) is 9.18 Å². The van der Waals surface area contributed by atoms with E-state index in [0.717, 1.165) is 0 Å². The van der Waals surface area contributed by atoms with Gasteiger partial charge in [-0.25, -0.2) is 9.18 Å². The van der Waals surface area contributed by atoms with Crippen LogP contribution in [0.25, 0.3) is 0 Å². The van der Waals surface area contributed by atoms with Crippen LogP contribution >= 0.6 is 23.8 Å². The summed E-state index contributed by atoms with van der Waals surface area (Å²) in [6.07, 6.45) is 0. The van der Waals surface area contributed by atoms with E-state index in [2.05, 4.69) is 10.6 Å². The Hall–Kier alpha value is -2.18. The Morgan fingerprint density at radius 2 is 1.91 bits per heavy atom. The molecule has 7 heteroatoms. The monoisotopic (exact) mass is 352 g/mol. The maximum atomic E-state index is 13.8. The van der Waals surface area contributed by atoms with Crippen molar-refractivity contribution in [1.82, 2.24) is 0 Å². The Labute approximate surface area is 143 Å². The van der Waals surface area contributed by atoms with Gasteiger partial charge in [0, 0.05) is 5.69 Å². The first-order valence-corrected chi connectivity index (χ1v) is 7.59. The smallest absolute Gasteiger partial charge is 0.338 e. The maximum Gasteiger partial charge on any atom is 0.338 e. The third-order valence-corrected chi connectivity index (χ3v) is 3.35. The first-order chi connectivity index (χ1) is 11.0. The molecule has 0 radical (unpaired) electrons. The molecule has 0 aliphatic carbocycles. The molecule has 2 N–H and O–H groups in total. The second-order valence-electron chi connectivity index (χ2n) is 4.48. The lowest BCUT2D eigenvalue weighted by atomic mass is 10.2. The van der Waals surface area contributed by atoms with Gasteiger partial charge in [0.25, 0.3) is 0 Å². The number of thiocarbonyl (C=S) groups is 1. The Morgan fingerprint density at radius 1 is 1.22 bits per heavy atom. The van der Waals surface area contributed by atoms with Gasteiger partial charge in [-0.15, -0.1) is 0 Å². The molecule has 4 nitrogen and oxygen atoms in total. The Bertz CT molecular complexity index is 723. The number of hydrogen-bond acceptors (Lipinski definition) is 3. The Morgan fingerprint density at radius 3 is 2.57 bits per heavy atom. The molecule has 0 spiro atoms. The average molecular weight is 353 g/mol. The average Bonchev–Trinajstić information content (AvgIpc) is 2.53. The van der Waals surface area contributed by atoms with Crippen LogP contribution in [0.3, 0.4) is 0 Å². The number of anilines is 2. The molecule has 0 aliphatic heterocycles. The Kier molecular flexibility index (Phi) is 5.90. The highest BCUT2D eigenvalue weighted by Crippen LogP contribution is 2.22. The van der Waals surface area contributed by atoms with Crippen LogP contribution in [0.15, 0.2) is 42.5 Å². The molecule has 0 saturated heterocycles. The van der Waals surface area contributed by atoms with Gasteiger partial charge in [-0.1, -0.05) is 17.7 Å². The first-order valence-electron chi connectivity index (χ1n) is 6.80. The molecule has 0 aromatic heterocycles. The summed E-state index contributed by atoms with van der Waals surface area (Å²) in [6.45, 7) is 2.06. The number of halogens is 2. The van der Waals surface area contributed by atoms with Crippen molar-refractivity contribution in [2.24, 2.45) is 0 Å². The van der Waals surface area contributed by atoms with Crippen LogP contribution in [0.4, 0.5) is 15.8 Å². The molecule has 0 saturated carbocycles. The van der Waals surface area contributed by atoms with Crippen molar-refractivity contribution in [1.29, 1.82) is 0 Å². The number of rotatable bonds is 4. The predicted molar refractivity (Wildman–Crippen MR) is 93.7 cm³/mol. The molecule has 0 amide bonds. The summed E-state index contributed by atoms with van der Waals surface area (Å²) in [5.41, 5.74) is 1.27. The van der Waals surface area contributed by atoms with Crippen LogP contribution in [0.1, 0.15) is 17.3 Å². The lowest BCUT2D eigenvalue weighted by molar-refractivity contribution is 0.0526. The minimum Gasteiger partial charge on any atom is -0.462 e. The predicted octanol–water partition coefficient (Wildman–Crippen LogP) is 4.46. The summed E-state index contributed by atoms with van der Waals surface area (Å²) in [5.74, 6) is -0.961. The molecular formula is C16H14ClFN2O2S. The van der Waals surface area contributed by atoms with Gasteiger partial charge in [0.2, 0.25) is 0 Å². The second-order valence-corrected chi connectivity index (χ2v) is 5.29. The van der Waals surface area contributed by atoms with Crippen molar-refractivity contribution in [3.8, 4) is 0 Å². The number of carbonyl (C=O) groups is 1. The highest BCUT2D eigenvalue weighted by molar-refractivity contribution is 7.80. The molecule has 0 heterocycles. The van der Waals surface area contributed by atoms with Crippen LogP contribution in [-0.2, 0) is 4.74 Å². The van der Waals surface area contributed by atoms with Crippen LogP contribution in [0.2, 0.25) is 5.02 Å². The fourth-order valence-corrected chi connectivity index (χ4v) is 2.19. The molecule has 120 valence electrons. The van der Waals surface area contributed by atoms with Crippen LogP contribution in [0.5, 0.6) is 0 Å². The Balaban J connectivity index is 2.00. The molecule has 2 aromatic rings. The number of esters is 1. The molecule has 23 heavy (non-hydrogen) atoms. The zero-order valence-electron chi connectivity index (χ0n) is 12.2. The van der Waals surface area contributed by atoms with E-state index in [-0.39, 0.29) is 21.8 Å². The van der Waals surface area contributed by atoms with E-state index in [1.165, 1.54) is 12.1 Å². The molecule has 2 aromatic carbocycles. The van der Waals surface area contributed by atoms with Crippen molar-refractivity contribution in [2.75, 3.05) is 17.2 Å². The molecule has 0 unspecified atom stereocenters. The minimum atomic E-state index is -0.573. The van der Waals surface area contributed by atoms with Gasteiger partial charge in [-0.2, -0.15) is 0 Å². The fourth-order valence-electron chi connectivity index (χ4n) is 1.79. The van der Waals surface area contributed by atoms with Gasteiger partial charge in [-0.05, 0) is 55.5 Å². The molecular weight excluding hydrogens is 339 g/mol.